The van der Waals surface area contributed by atoms with Crippen LogP contribution in [0, 0.1) is 0 Å². The zero-order valence-corrected chi connectivity index (χ0v) is 11.8. The fraction of sp³-hybridized carbons (Fsp3) is 0.278. The SMILES string of the molecule is CCCCC(N)c1c2ccccc2nc2ccccc12. The van der Waals surface area contributed by atoms with Crippen LogP contribution >= 0.6 is 0 Å². The lowest BCUT2D eigenvalue weighted by Gasteiger charge is -2.17. The Hall–Kier alpha value is -1.93. The van der Waals surface area contributed by atoms with Crippen molar-refractivity contribution in [2.75, 3.05) is 0 Å². The molecule has 1 atom stereocenters. The second-order valence-electron chi connectivity index (χ2n) is 5.31. The van der Waals surface area contributed by atoms with Crippen molar-refractivity contribution in [1.29, 1.82) is 0 Å². The van der Waals surface area contributed by atoms with E-state index in [1.54, 1.807) is 0 Å². The third-order valence-electron chi connectivity index (χ3n) is 3.87. The largest absolute Gasteiger partial charge is 0.324 e. The van der Waals surface area contributed by atoms with Crippen LogP contribution in [0.2, 0.25) is 0 Å². The molecule has 0 amide bonds. The van der Waals surface area contributed by atoms with Crippen molar-refractivity contribution in [3.63, 3.8) is 0 Å². The summed E-state index contributed by atoms with van der Waals surface area (Å²) in [6.07, 6.45) is 3.36. The van der Waals surface area contributed by atoms with Gasteiger partial charge in [0.1, 0.15) is 0 Å². The summed E-state index contributed by atoms with van der Waals surface area (Å²) in [5.74, 6) is 0. The molecule has 3 rings (SSSR count). The van der Waals surface area contributed by atoms with Crippen molar-refractivity contribution in [3.05, 3.63) is 54.1 Å². The first kappa shape index (κ1) is 13.1. The summed E-state index contributed by atoms with van der Waals surface area (Å²) in [5.41, 5.74) is 9.81. The van der Waals surface area contributed by atoms with Crippen molar-refractivity contribution in [3.8, 4) is 0 Å². The molecule has 0 spiro atoms. The lowest BCUT2D eigenvalue weighted by Crippen LogP contribution is -2.11. The minimum atomic E-state index is 0.0766. The molecule has 2 nitrogen and oxygen atoms in total. The highest BCUT2D eigenvalue weighted by Crippen LogP contribution is 2.31. The lowest BCUT2D eigenvalue weighted by molar-refractivity contribution is 0.609. The van der Waals surface area contributed by atoms with E-state index >= 15 is 0 Å². The van der Waals surface area contributed by atoms with E-state index in [1.807, 2.05) is 12.1 Å². The number of rotatable bonds is 4. The molecule has 0 saturated carbocycles. The maximum absolute atomic E-state index is 6.49. The molecule has 20 heavy (non-hydrogen) atoms. The van der Waals surface area contributed by atoms with E-state index in [9.17, 15) is 0 Å². The van der Waals surface area contributed by atoms with Crippen molar-refractivity contribution in [1.82, 2.24) is 4.98 Å². The number of fused-ring (bicyclic) bond motifs is 2. The van der Waals surface area contributed by atoms with Crippen molar-refractivity contribution < 1.29 is 0 Å². The third-order valence-corrected chi connectivity index (χ3v) is 3.87. The van der Waals surface area contributed by atoms with Crippen molar-refractivity contribution in [2.24, 2.45) is 5.73 Å². The Morgan fingerprint density at radius 3 is 2.05 bits per heavy atom. The normalized spacial score (nSPS) is 12.9. The molecular weight excluding hydrogens is 244 g/mol. The van der Waals surface area contributed by atoms with E-state index < -0.39 is 0 Å². The zero-order valence-electron chi connectivity index (χ0n) is 11.8. The monoisotopic (exact) mass is 264 g/mol. The van der Waals surface area contributed by atoms with Crippen LogP contribution in [0.5, 0.6) is 0 Å². The van der Waals surface area contributed by atoms with E-state index in [0.29, 0.717) is 0 Å². The summed E-state index contributed by atoms with van der Waals surface area (Å²) < 4.78 is 0. The summed E-state index contributed by atoms with van der Waals surface area (Å²) in [4.78, 5) is 4.75. The molecular formula is C18H20N2. The van der Waals surface area contributed by atoms with Gasteiger partial charge in [0.05, 0.1) is 11.0 Å². The molecule has 0 aliphatic heterocycles. The molecule has 0 saturated heterocycles. The van der Waals surface area contributed by atoms with Crippen LogP contribution in [-0.4, -0.2) is 4.98 Å². The third kappa shape index (κ3) is 2.27. The molecule has 0 aliphatic rings. The molecule has 1 aromatic heterocycles. The number of hydrogen-bond donors (Lipinski definition) is 1. The van der Waals surface area contributed by atoms with Gasteiger partial charge < -0.3 is 5.73 Å². The van der Waals surface area contributed by atoms with Crippen LogP contribution in [-0.2, 0) is 0 Å². The van der Waals surface area contributed by atoms with Crippen LogP contribution in [0.4, 0.5) is 0 Å². The molecule has 0 aliphatic carbocycles. The smallest absolute Gasteiger partial charge is 0.0713 e. The van der Waals surface area contributed by atoms with E-state index in [0.717, 1.165) is 23.9 Å². The average Bonchev–Trinajstić information content (AvgIpc) is 2.50. The number of hydrogen-bond acceptors (Lipinski definition) is 2. The highest BCUT2D eigenvalue weighted by molar-refractivity contribution is 5.97. The molecule has 0 bridgehead atoms. The van der Waals surface area contributed by atoms with E-state index in [2.05, 4.69) is 43.3 Å². The first-order valence-electron chi connectivity index (χ1n) is 7.34. The van der Waals surface area contributed by atoms with Crippen LogP contribution in [0.1, 0.15) is 37.8 Å². The summed E-state index contributed by atoms with van der Waals surface area (Å²) >= 11 is 0. The molecule has 0 fully saturated rings. The van der Waals surface area contributed by atoms with E-state index in [-0.39, 0.29) is 6.04 Å². The van der Waals surface area contributed by atoms with Crippen LogP contribution in [0.3, 0.4) is 0 Å². The average molecular weight is 264 g/mol. The maximum atomic E-state index is 6.49. The fourth-order valence-electron chi connectivity index (χ4n) is 2.84. The fourth-order valence-corrected chi connectivity index (χ4v) is 2.84. The molecule has 2 heteroatoms. The van der Waals surface area contributed by atoms with Crippen LogP contribution < -0.4 is 5.73 Å². The molecule has 2 N–H and O–H groups in total. The van der Waals surface area contributed by atoms with Gasteiger partial charge in [0.2, 0.25) is 0 Å². The number of aromatic nitrogens is 1. The molecule has 1 heterocycles. The second-order valence-corrected chi connectivity index (χ2v) is 5.31. The first-order valence-corrected chi connectivity index (χ1v) is 7.34. The van der Waals surface area contributed by atoms with Crippen LogP contribution in [0.25, 0.3) is 21.8 Å². The highest BCUT2D eigenvalue weighted by atomic mass is 14.7. The van der Waals surface area contributed by atoms with Gasteiger partial charge in [-0.1, -0.05) is 56.2 Å². The molecule has 1 unspecified atom stereocenters. The predicted molar refractivity (Wildman–Crippen MR) is 85.7 cm³/mol. The Balaban J connectivity index is 2.27. The maximum Gasteiger partial charge on any atom is 0.0713 e. The topological polar surface area (TPSA) is 38.9 Å². The van der Waals surface area contributed by atoms with Gasteiger partial charge in [-0.05, 0) is 24.1 Å². The number of para-hydroxylation sites is 2. The molecule has 2 aromatic carbocycles. The summed E-state index contributed by atoms with van der Waals surface area (Å²) in [5, 5.41) is 2.38. The van der Waals surface area contributed by atoms with Gasteiger partial charge in [-0.3, -0.25) is 0 Å². The van der Waals surface area contributed by atoms with Gasteiger partial charge in [-0.15, -0.1) is 0 Å². The summed E-state index contributed by atoms with van der Waals surface area (Å²) in [6.45, 7) is 2.20. The van der Waals surface area contributed by atoms with E-state index in [4.69, 9.17) is 10.7 Å². The number of pyridine rings is 1. The van der Waals surface area contributed by atoms with Gasteiger partial charge >= 0.3 is 0 Å². The van der Waals surface area contributed by atoms with Crippen LogP contribution in [0.15, 0.2) is 48.5 Å². The number of nitrogens with zero attached hydrogens (tertiary/aromatic N) is 1. The number of unbranched alkanes of at least 4 members (excludes halogenated alkanes) is 1. The highest BCUT2D eigenvalue weighted by Gasteiger charge is 2.14. The Labute approximate surface area is 119 Å². The number of benzene rings is 2. The predicted octanol–water partition coefficient (Wildman–Crippen LogP) is 4.58. The summed E-state index contributed by atoms with van der Waals surface area (Å²) in [6, 6.07) is 16.7. The summed E-state index contributed by atoms with van der Waals surface area (Å²) in [7, 11) is 0. The van der Waals surface area contributed by atoms with Gasteiger partial charge in [-0.25, -0.2) is 4.98 Å². The van der Waals surface area contributed by atoms with Gasteiger partial charge in [0.15, 0.2) is 0 Å². The Morgan fingerprint density at radius 2 is 1.50 bits per heavy atom. The lowest BCUT2D eigenvalue weighted by atomic mass is 9.94. The van der Waals surface area contributed by atoms with Gasteiger partial charge in [-0.2, -0.15) is 0 Å². The standard InChI is InChI=1S/C18H20N2/c1-2-3-10-15(19)18-13-8-4-6-11-16(13)20-17-12-7-5-9-14(17)18/h4-9,11-12,15H,2-3,10,19H2,1H3. The Morgan fingerprint density at radius 1 is 0.950 bits per heavy atom. The van der Waals surface area contributed by atoms with Crippen molar-refractivity contribution in [2.45, 2.75) is 32.2 Å². The molecule has 102 valence electrons. The molecule has 0 radical (unpaired) electrons. The second kappa shape index (κ2) is 5.59. The van der Waals surface area contributed by atoms with Gasteiger partial charge in [0, 0.05) is 16.8 Å². The van der Waals surface area contributed by atoms with E-state index in [1.165, 1.54) is 22.8 Å². The Kier molecular flexibility index (Phi) is 3.66. The minimum absolute atomic E-state index is 0.0766. The first-order chi connectivity index (χ1) is 9.81. The number of nitrogens with two attached hydrogens (primary N) is 1. The van der Waals surface area contributed by atoms with Crippen molar-refractivity contribution >= 4 is 21.8 Å². The molecule has 3 aromatic rings. The minimum Gasteiger partial charge on any atom is -0.324 e. The quantitative estimate of drug-likeness (QED) is 0.701. The Bertz CT molecular complexity index is 680. The van der Waals surface area contributed by atoms with Gasteiger partial charge in [0.25, 0.3) is 0 Å². The zero-order chi connectivity index (χ0) is 13.9.